The first-order valence-electron chi connectivity index (χ1n) is 7.08. The van der Waals surface area contributed by atoms with Gasteiger partial charge in [0.25, 0.3) is 0 Å². The van der Waals surface area contributed by atoms with E-state index < -0.39 is 0 Å². The van der Waals surface area contributed by atoms with Crippen LogP contribution >= 0.6 is 11.6 Å². The second kappa shape index (κ2) is 6.02. The summed E-state index contributed by atoms with van der Waals surface area (Å²) < 4.78 is 11.6. The van der Waals surface area contributed by atoms with E-state index in [1.54, 1.807) is 7.11 Å². The number of hydrogen-bond donors (Lipinski definition) is 0. The number of fused-ring (bicyclic) bond motifs is 1. The van der Waals surface area contributed by atoms with E-state index in [1.165, 1.54) is 10.8 Å². The van der Waals surface area contributed by atoms with Gasteiger partial charge in [0, 0.05) is 24.0 Å². The Labute approximate surface area is 124 Å². The monoisotopic (exact) mass is 290 g/mol. The first-order valence-corrected chi connectivity index (χ1v) is 7.62. The van der Waals surface area contributed by atoms with Crippen LogP contribution in [-0.2, 0) is 4.74 Å². The van der Waals surface area contributed by atoms with Crippen LogP contribution in [0.5, 0.6) is 5.75 Å². The Morgan fingerprint density at radius 1 is 1.25 bits per heavy atom. The van der Waals surface area contributed by atoms with Crippen LogP contribution in [0.25, 0.3) is 10.8 Å². The second-order valence-corrected chi connectivity index (χ2v) is 5.56. The van der Waals surface area contributed by atoms with Gasteiger partial charge < -0.3 is 9.47 Å². The molecule has 2 nitrogen and oxygen atoms in total. The van der Waals surface area contributed by atoms with Crippen LogP contribution in [0, 0.1) is 5.92 Å². The van der Waals surface area contributed by atoms with E-state index >= 15 is 0 Å². The second-order valence-electron chi connectivity index (χ2n) is 5.25. The van der Waals surface area contributed by atoms with Crippen LogP contribution < -0.4 is 4.74 Å². The van der Waals surface area contributed by atoms with Gasteiger partial charge in [0.1, 0.15) is 5.75 Å². The van der Waals surface area contributed by atoms with E-state index in [0.29, 0.717) is 11.8 Å². The predicted octanol–water partition coefficient (Wildman–Crippen LogP) is 4.55. The van der Waals surface area contributed by atoms with Crippen LogP contribution in [0.1, 0.15) is 24.5 Å². The van der Waals surface area contributed by atoms with Crippen molar-refractivity contribution in [2.45, 2.75) is 18.9 Å². The predicted molar refractivity (Wildman–Crippen MR) is 82.6 cm³/mol. The summed E-state index contributed by atoms with van der Waals surface area (Å²) in [5.74, 6) is 1.87. The fraction of sp³-hybridized carbons (Fsp3) is 0.412. The summed E-state index contributed by atoms with van der Waals surface area (Å²) in [6, 6.07) is 12.5. The number of halogens is 1. The summed E-state index contributed by atoms with van der Waals surface area (Å²) >= 11 is 6.15. The van der Waals surface area contributed by atoms with E-state index in [0.717, 1.165) is 30.8 Å². The van der Waals surface area contributed by atoms with Crippen LogP contribution in [0.15, 0.2) is 36.4 Å². The fourth-order valence-electron chi connectivity index (χ4n) is 3.07. The van der Waals surface area contributed by atoms with Gasteiger partial charge in [0.2, 0.25) is 0 Å². The van der Waals surface area contributed by atoms with Gasteiger partial charge in [-0.2, -0.15) is 0 Å². The molecule has 0 amide bonds. The highest BCUT2D eigenvalue weighted by Crippen LogP contribution is 2.42. The average molecular weight is 291 g/mol. The van der Waals surface area contributed by atoms with Crippen molar-refractivity contribution in [2.24, 2.45) is 5.92 Å². The molecule has 1 aliphatic rings. The minimum atomic E-state index is 0.0299. The van der Waals surface area contributed by atoms with Crippen LogP contribution in [0.3, 0.4) is 0 Å². The minimum absolute atomic E-state index is 0.0299. The maximum Gasteiger partial charge on any atom is 0.125 e. The molecule has 2 aromatic rings. The lowest BCUT2D eigenvalue weighted by Crippen LogP contribution is -2.24. The molecular weight excluding hydrogens is 272 g/mol. The molecule has 2 atom stereocenters. The Kier molecular flexibility index (Phi) is 4.13. The summed E-state index contributed by atoms with van der Waals surface area (Å²) in [6.45, 7) is 0.796. The zero-order valence-electron chi connectivity index (χ0n) is 11.6. The topological polar surface area (TPSA) is 18.5 Å². The Hall–Kier alpha value is -1.25. The lowest BCUT2D eigenvalue weighted by atomic mass is 9.87. The van der Waals surface area contributed by atoms with Crippen molar-refractivity contribution in [2.75, 3.05) is 19.6 Å². The van der Waals surface area contributed by atoms with Crippen molar-refractivity contribution >= 4 is 22.4 Å². The van der Waals surface area contributed by atoms with Crippen molar-refractivity contribution in [1.29, 1.82) is 0 Å². The SMILES string of the molecule is COc1ccc2ccccc2c1C1OCCCC1CCl. The number of methoxy groups -OCH3 is 1. The molecule has 0 bridgehead atoms. The van der Waals surface area contributed by atoms with Crippen LogP contribution in [0.4, 0.5) is 0 Å². The molecule has 106 valence electrons. The molecule has 1 fully saturated rings. The fourth-order valence-corrected chi connectivity index (χ4v) is 3.38. The molecule has 0 aromatic heterocycles. The summed E-state index contributed by atoms with van der Waals surface area (Å²) in [6.07, 6.45) is 2.23. The molecular formula is C17H19ClO2. The summed E-state index contributed by atoms with van der Waals surface area (Å²) in [5.41, 5.74) is 1.15. The first-order chi connectivity index (χ1) is 9.85. The largest absolute Gasteiger partial charge is 0.496 e. The third-order valence-electron chi connectivity index (χ3n) is 4.08. The minimum Gasteiger partial charge on any atom is -0.496 e. The van der Waals surface area contributed by atoms with Gasteiger partial charge >= 0.3 is 0 Å². The highest BCUT2D eigenvalue weighted by Gasteiger charge is 2.30. The molecule has 3 heteroatoms. The molecule has 0 N–H and O–H groups in total. The molecule has 20 heavy (non-hydrogen) atoms. The Morgan fingerprint density at radius 2 is 2.10 bits per heavy atom. The van der Waals surface area contributed by atoms with Gasteiger partial charge in [-0.3, -0.25) is 0 Å². The number of ether oxygens (including phenoxy) is 2. The third-order valence-corrected chi connectivity index (χ3v) is 4.47. The van der Waals surface area contributed by atoms with Crippen LogP contribution in [-0.4, -0.2) is 19.6 Å². The van der Waals surface area contributed by atoms with E-state index in [2.05, 4.69) is 30.3 Å². The van der Waals surface area contributed by atoms with E-state index in [1.807, 2.05) is 6.07 Å². The molecule has 1 aliphatic heterocycles. The lowest BCUT2D eigenvalue weighted by molar-refractivity contribution is -0.0210. The molecule has 1 saturated heterocycles. The quantitative estimate of drug-likeness (QED) is 0.772. The standard InChI is InChI=1S/C17H19ClO2/c1-19-15-9-8-12-5-2-3-7-14(12)16(15)17-13(11-18)6-4-10-20-17/h2-3,5,7-9,13,17H,4,6,10-11H2,1H3. The molecule has 1 heterocycles. The molecule has 2 aromatic carbocycles. The maximum atomic E-state index is 6.15. The first kappa shape index (κ1) is 13.7. The molecule has 0 aliphatic carbocycles. The Balaban J connectivity index is 2.16. The van der Waals surface area contributed by atoms with Gasteiger partial charge in [-0.1, -0.05) is 30.3 Å². The van der Waals surface area contributed by atoms with E-state index in [4.69, 9.17) is 21.1 Å². The van der Waals surface area contributed by atoms with E-state index in [-0.39, 0.29) is 6.10 Å². The molecule has 2 unspecified atom stereocenters. The van der Waals surface area contributed by atoms with Crippen molar-refractivity contribution < 1.29 is 9.47 Å². The van der Waals surface area contributed by atoms with Gasteiger partial charge in [-0.05, 0) is 29.7 Å². The smallest absolute Gasteiger partial charge is 0.125 e. The average Bonchev–Trinajstić information content (AvgIpc) is 2.53. The van der Waals surface area contributed by atoms with Crippen LogP contribution in [0.2, 0.25) is 0 Å². The zero-order valence-corrected chi connectivity index (χ0v) is 12.4. The maximum absolute atomic E-state index is 6.15. The number of hydrogen-bond acceptors (Lipinski definition) is 2. The normalized spacial score (nSPS) is 22.9. The number of alkyl halides is 1. The highest BCUT2D eigenvalue weighted by atomic mass is 35.5. The van der Waals surface area contributed by atoms with Crippen molar-refractivity contribution in [3.05, 3.63) is 42.0 Å². The molecule has 0 saturated carbocycles. The molecule has 3 rings (SSSR count). The zero-order chi connectivity index (χ0) is 13.9. The van der Waals surface area contributed by atoms with Crippen molar-refractivity contribution in [3.63, 3.8) is 0 Å². The van der Waals surface area contributed by atoms with Crippen molar-refractivity contribution in [3.8, 4) is 5.75 Å². The van der Waals surface area contributed by atoms with Gasteiger partial charge in [0.15, 0.2) is 0 Å². The molecule has 0 spiro atoms. The van der Waals surface area contributed by atoms with Gasteiger partial charge in [0.05, 0.1) is 13.2 Å². The highest BCUT2D eigenvalue weighted by molar-refractivity contribution is 6.18. The summed E-state index contributed by atoms with van der Waals surface area (Å²) in [5, 5.41) is 2.42. The van der Waals surface area contributed by atoms with Gasteiger partial charge in [-0.15, -0.1) is 11.6 Å². The number of benzene rings is 2. The summed E-state index contributed by atoms with van der Waals surface area (Å²) in [7, 11) is 1.71. The number of rotatable bonds is 3. The van der Waals surface area contributed by atoms with Gasteiger partial charge in [-0.25, -0.2) is 0 Å². The van der Waals surface area contributed by atoms with Crippen molar-refractivity contribution in [1.82, 2.24) is 0 Å². The van der Waals surface area contributed by atoms with E-state index in [9.17, 15) is 0 Å². The Bertz CT molecular complexity index is 597. The Morgan fingerprint density at radius 3 is 2.90 bits per heavy atom. The lowest BCUT2D eigenvalue weighted by Gasteiger charge is -2.32. The third kappa shape index (κ3) is 2.38. The molecule has 0 radical (unpaired) electrons. The summed E-state index contributed by atoms with van der Waals surface area (Å²) in [4.78, 5) is 0.